The Morgan fingerprint density at radius 1 is 0.821 bits per heavy atom. The summed E-state index contributed by atoms with van der Waals surface area (Å²) in [7, 11) is 1.99. The third-order valence-corrected chi connectivity index (χ3v) is 5.19. The van der Waals surface area contributed by atoms with Crippen LogP contribution in [0.4, 0.5) is 0 Å². The topological polar surface area (TPSA) is 52.6 Å². The fourth-order valence-corrected chi connectivity index (χ4v) is 3.30. The molecule has 1 amide bonds. The van der Waals surface area contributed by atoms with Crippen molar-refractivity contribution in [2.45, 2.75) is 103 Å². The molecule has 0 saturated heterocycles. The van der Waals surface area contributed by atoms with Gasteiger partial charge in [-0.3, -0.25) is 4.79 Å². The molecule has 0 saturated carbocycles. The Morgan fingerprint density at radius 3 is 2.00 bits per heavy atom. The summed E-state index contributed by atoms with van der Waals surface area (Å²) in [5.41, 5.74) is 0. The number of allylic oxidation sites excluding steroid dienone is 2. The molecule has 28 heavy (non-hydrogen) atoms. The number of aliphatic hydroxyl groups excluding tert-OH is 1. The molecule has 0 aliphatic carbocycles. The lowest BCUT2D eigenvalue weighted by Gasteiger charge is -2.14. The van der Waals surface area contributed by atoms with Gasteiger partial charge in [0.2, 0.25) is 5.91 Å². The summed E-state index contributed by atoms with van der Waals surface area (Å²) in [4.78, 5) is 13.9. The summed E-state index contributed by atoms with van der Waals surface area (Å²) in [5.74, 6) is 0.183. The van der Waals surface area contributed by atoms with Crippen LogP contribution >= 0.6 is 0 Å². The van der Waals surface area contributed by atoms with Crippen LogP contribution in [0, 0.1) is 0 Å². The van der Waals surface area contributed by atoms with Gasteiger partial charge in [-0.25, -0.2) is 0 Å². The van der Waals surface area contributed by atoms with E-state index in [0.29, 0.717) is 13.0 Å². The van der Waals surface area contributed by atoms with E-state index in [4.69, 9.17) is 5.11 Å². The van der Waals surface area contributed by atoms with Gasteiger partial charge in [0.05, 0.1) is 6.61 Å². The minimum Gasteiger partial charge on any atom is -0.395 e. The van der Waals surface area contributed by atoms with Gasteiger partial charge in [-0.05, 0) is 52.1 Å². The zero-order chi connectivity index (χ0) is 20.7. The first-order chi connectivity index (χ1) is 13.7. The highest BCUT2D eigenvalue weighted by Crippen LogP contribution is 2.09. The molecule has 0 aromatic heterocycles. The van der Waals surface area contributed by atoms with Crippen LogP contribution < -0.4 is 5.32 Å². The number of likely N-dealkylation sites (N-methyl/N-ethyl adjacent to an activating group) is 1. The number of nitrogens with zero attached hydrogens (tertiary/aromatic N) is 1. The van der Waals surface area contributed by atoms with Crippen LogP contribution in [0.25, 0.3) is 0 Å². The predicted molar refractivity (Wildman–Crippen MR) is 122 cm³/mol. The van der Waals surface area contributed by atoms with Gasteiger partial charge in [-0.15, -0.1) is 0 Å². The highest BCUT2D eigenvalue weighted by molar-refractivity contribution is 5.75. The third kappa shape index (κ3) is 21.4. The average molecular weight is 397 g/mol. The first-order valence-electron chi connectivity index (χ1n) is 11.9. The molecule has 166 valence electrons. The number of nitrogens with one attached hydrogen (secondary N) is 1. The van der Waals surface area contributed by atoms with Gasteiger partial charge in [0, 0.05) is 19.5 Å². The number of amides is 1. The minimum absolute atomic E-state index is 0.183. The van der Waals surface area contributed by atoms with Crippen molar-refractivity contribution in [1.29, 1.82) is 0 Å². The molecule has 0 rings (SSSR count). The second kappa shape index (κ2) is 22.4. The first-order valence-corrected chi connectivity index (χ1v) is 11.9. The van der Waals surface area contributed by atoms with Gasteiger partial charge in [0.1, 0.15) is 0 Å². The van der Waals surface area contributed by atoms with Gasteiger partial charge >= 0.3 is 0 Å². The van der Waals surface area contributed by atoms with E-state index < -0.39 is 0 Å². The van der Waals surface area contributed by atoms with E-state index >= 15 is 0 Å². The molecular weight excluding hydrogens is 348 g/mol. The van der Waals surface area contributed by atoms with E-state index in [1.54, 1.807) is 0 Å². The van der Waals surface area contributed by atoms with Crippen molar-refractivity contribution in [2.24, 2.45) is 0 Å². The van der Waals surface area contributed by atoms with E-state index in [1.165, 1.54) is 70.6 Å². The van der Waals surface area contributed by atoms with Crippen LogP contribution in [0.2, 0.25) is 0 Å². The molecular formula is C24H48N2O2. The molecule has 0 aromatic carbocycles. The van der Waals surface area contributed by atoms with E-state index in [9.17, 15) is 4.79 Å². The normalized spacial score (nSPS) is 11.6. The van der Waals surface area contributed by atoms with E-state index in [2.05, 4.69) is 29.3 Å². The smallest absolute Gasteiger partial charge is 0.219 e. The molecule has 0 radical (unpaired) electrons. The number of carbonyl (C=O) groups excluding carboxylic acids is 1. The molecule has 0 unspecified atom stereocenters. The number of rotatable bonds is 21. The highest BCUT2D eigenvalue weighted by atomic mass is 16.3. The SMILES string of the molecule is CCCCCCCC/C=C\CCCCCCCC(=O)NCCCN(C)CCO. The minimum atomic E-state index is 0.183. The second-order valence-electron chi connectivity index (χ2n) is 8.06. The Labute approximate surface area is 175 Å². The summed E-state index contributed by atoms with van der Waals surface area (Å²) >= 11 is 0. The van der Waals surface area contributed by atoms with Crippen molar-refractivity contribution < 1.29 is 9.90 Å². The van der Waals surface area contributed by atoms with Gasteiger partial charge in [-0.1, -0.05) is 70.4 Å². The number of hydrogen-bond acceptors (Lipinski definition) is 3. The van der Waals surface area contributed by atoms with Crippen molar-refractivity contribution in [3.05, 3.63) is 12.2 Å². The zero-order valence-electron chi connectivity index (χ0n) is 18.9. The van der Waals surface area contributed by atoms with Gasteiger partial charge in [0.25, 0.3) is 0 Å². The summed E-state index contributed by atoms with van der Waals surface area (Å²) in [6, 6.07) is 0. The quantitative estimate of drug-likeness (QED) is 0.200. The Morgan fingerprint density at radius 2 is 1.39 bits per heavy atom. The van der Waals surface area contributed by atoms with Crippen molar-refractivity contribution in [2.75, 3.05) is 33.3 Å². The van der Waals surface area contributed by atoms with Crippen LogP contribution in [0.1, 0.15) is 103 Å². The maximum absolute atomic E-state index is 11.8. The van der Waals surface area contributed by atoms with Crippen molar-refractivity contribution in [1.82, 2.24) is 10.2 Å². The second-order valence-corrected chi connectivity index (χ2v) is 8.06. The molecule has 4 heteroatoms. The first kappa shape index (κ1) is 27.1. The fourth-order valence-electron chi connectivity index (χ4n) is 3.30. The number of aliphatic hydroxyl groups is 1. The Kier molecular flexibility index (Phi) is 21.7. The molecule has 0 spiro atoms. The molecule has 4 nitrogen and oxygen atoms in total. The van der Waals surface area contributed by atoms with E-state index in [1.807, 2.05) is 7.05 Å². The van der Waals surface area contributed by atoms with Gasteiger partial charge in [-0.2, -0.15) is 0 Å². The van der Waals surface area contributed by atoms with Gasteiger partial charge in [0.15, 0.2) is 0 Å². The van der Waals surface area contributed by atoms with E-state index in [-0.39, 0.29) is 12.5 Å². The van der Waals surface area contributed by atoms with Crippen molar-refractivity contribution >= 4 is 5.91 Å². The lowest BCUT2D eigenvalue weighted by atomic mass is 10.1. The Hall–Kier alpha value is -0.870. The van der Waals surface area contributed by atoms with Gasteiger partial charge < -0.3 is 15.3 Å². The monoisotopic (exact) mass is 396 g/mol. The van der Waals surface area contributed by atoms with Crippen LogP contribution in [0.5, 0.6) is 0 Å². The Balaban J connectivity index is 3.25. The molecule has 0 aliphatic heterocycles. The largest absolute Gasteiger partial charge is 0.395 e. The number of carbonyl (C=O) groups is 1. The zero-order valence-corrected chi connectivity index (χ0v) is 18.9. The lowest BCUT2D eigenvalue weighted by molar-refractivity contribution is -0.121. The molecule has 0 heterocycles. The van der Waals surface area contributed by atoms with E-state index in [0.717, 1.165) is 32.4 Å². The summed E-state index contributed by atoms with van der Waals surface area (Å²) in [5, 5.41) is 11.8. The van der Waals surface area contributed by atoms with Crippen LogP contribution in [0.3, 0.4) is 0 Å². The molecule has 0 aliphatic rings. The van der Waals surface area contributed by atoms with Crippen molar-refractivity contribution in [3.8, 4) is 0 Å². The maximum Gasteiger partial charge on any atom is 0.219 e. The maximum atomic E-state index is 11.8. The molecule has 0 atom stereocenters. The predicted octanol–water partition coefficient (Wildman–Crippen LogP) is 5.45. The average Bonchev–Trinajstić information content (AvgIpc) is 2.68. The molecule has 0 fully saturated rings. The summed E-state index contributed by atoms with van der Waals surface area (Å²) in [6.45, 7) is 4.80. The molecule has 2 N–H and O–H groups in total. The molecule has 0 bridgehead atoms. The number of unbranched alkanes of at least 4 members (excludes halogenated alkanes) is 11. The standard InChI is InChI=1S/C24H48N2O2/c1-3-4-5-6-7-8-9-10-11-12-13-14-15-16-17-19-24(28)25-20-18-21-26(2)22-23-27/h10-11,27H,3-9,12-23H2,1-2H3,(H,25,28)/b11-10-. The third-order valence-electron chi connectivity index (χ3n) is 5.19. The fraction of sp³-hybridized carbons (Fsp3) is 0.875. The lowest BCUT2D eigenvalue weighted by Crippen LogP contribution is -2.29. The number of hydrogen-bond donors (Lipinski definition) is 2. The Bertz CT molecular complexity index is 359. The van der Waals surface area contributed by atoms with Crippen molar-refractivity contribution in [3.63, 3.8) is 0 Å². The van der Waals surface area contributed by atoms with Crippen LogP contribution in [0.15, 0.2) is 12.2 Å². The summed E-state index contributed by atoms with van der Waals surface area (Å²) in [6.07, 6.45) is 23.0. The highest BCUT2D eigenvalue weighted by Gasteiger charge is 2.01. The van der Waals surface area contributed by atoms with Crippen LogP contribution in [-0.2, 0) is 4.79 Å². The van der Waals surface area contributed by atoms with Crippen LogP contribution in [-0.4, -0.2) is 49.2 Å². The summed E-state index contributed by atoms with van der Waals surface area (Å²) < 4.78 is 0. The molecule has 0 aromatic rings.